The molecule has 19 heavy (non-hydrogen) atoms. The summed E-state index contributed by atoms with van der Waals surface area (Å²) in [7, 11) is -2.11. The van der Waals surface area contributed by atoms with Crippen LogP contribution in [0.25, 0.3) is 4.96 Å². The number of fused-ring (bicyclic) bond motifs is 1. The Labute approximate surface area is 112 Å². The highest BCUT2D eigenvalue weighted by Crippen LogP contribution is 2.25. The molecule has 0 spiro atoms. The van der Waals surface area contributed by atoms with Gasteiger partial charge >= 0.3 is 0 Å². The summed E-state index contributed by atoms with van der Waals surface area (Å²) >= 11 is 1.31. The molecule has 10 heteroatoms. The van der Waals surface area contributed by atoms with Crippen molar-refractivity contribution >= 4 is 37.8 Å². The van der Waals surface area contributed by atoms with Gasteiger partial charge in [-0.05, 0) is 0 Å². The van der Waals surface area contributed by atoms with Crippen LogP contribution in [0.4, 0.5) is 11.5 Å². The molecule has 0 saturated heterocycles. The van der Waals surface area contributed by atoms with Gasteiger partial charge in [-0.15, -0.1) is 11.3 Å². The molecule has 0 aromatic carbocycles. The molecule has 0 radical (unpaired) electrons. The SMILES string of the molecule is Cn1cc(NS(=O)(=O)c2c(N)nc3sccn23)cn1. The standard InChI is InChI=1S/C9H10N6O2S2/c1-14-5-6(4-11-14)13-19(16,17)8-7(10)12-9-15(8)2-3-18-9/h2-5,13H,10H2,1H3. The van der Waals surface area contributed by atoms with Crippen molar-refractivity contribution in [3.05, 3.63) is 24.0 Å². The van der Waals surface area contributed by atoms with Gasteiger partial charge in [0.2, 0.25) is 5.03 Å². The van der Waals surface area contributed by atoms with Crippen molar-refractivity contribution in [3.63, 3.8) is 0 Å². The first kappa shape index (κ1) is 12.0. The van der Waals surface area contributed by atoms with E-state index in [1.807, 2.05) is 0 Å². The second kappa shape index (κ2) is 3.96. The highest BCUT2D eigenvalue weighted by molar-refractivity contribution is 7.92. The summed E-state index contributed by atoms with van der Waals surface area (Å²) in [6.45, 7) is 0. The quantitative estimate of drug-likeness (QED) is 0.732. The predicted octanol–water partition coefficient (Wildman–Crippen LogP) is 0.512. The third-order valence-electron chi connectivity index (χ3n) is 2.46. The van der Waals surface area contributed by atoms with Crippen molar-refractivity contribution < 1.29 is 8.42 Å². The molecule has 8 nitrogen and oxygen atoms in total. The van der Waals surface area contributed by atoms with Crippen LogP contribution in [0.3, 0.4) is 0 Å². The maximum Gasteiger partial charge on any atom is 0.281 e. The number of hydrogen-bond acceptors (Lipinski definition) is 6. The predicted molar refractivity (Wildman–Crippen MR) is 71.5 cm³/mol. The number of aromatic nitrogens is 4. The van der Waals surface area contributed by atoms with E-state index >= 15 is 0 Å². The summed E-state index contributed by atoms with van der Waals surface area (Å²) in [6, 6.07) is 0. The van der Waals surface area contributed by atoms with Crippen molar-refractivity contribution in [2.75, 3.05) is 10.5 Å². The number of rotatable bonds is 3. The smallest absolute Gasteiger partial charge is 0.281 e. The highest BCUT2D eigenvalue weighted by Gasteiger charge is 2.24. The molecule has 0 bridgehead atoms. The molecule has 0 unspecified atom stereocenters. The maximum atomic E-state index is 12.3. The van der Waals surface area contributed by atoms with E-state index < -0.39 is 10.0 Å². The van der Waals surface area contributed by atoms with Crippen LogP contribution in [0.5, 0.6) is 0 Å². The van der Waals surface area contributed by atoms with Gasteiger partial charge in [-0.3, -0.25) is 13.8 Å². The molecule has 3 heterocycles. The zero-order valence-electron chi connectivity index (χ0n) is 9.81. The zero-order chi connectivity index (χ0) is 13.6. The molecular weight excluding hydrogens is 288 g/mol. The largest absolute Gasteiger partial charge is 0.381 e. The average molecular weight is 298 g/mol. The van der Waals surface area contributed by atoms with E-state index in [1.165, 1.54) is 26.6 Å². The first-order valence-corrected chi connectivity index (χ1v) is 7.56. The lowest BCUT2D eigenvalue weighted by atomic mass is 10.6. The molecule has 0 aliphatic heterocycles. The van der Waals surface area contributed by atoms with Crippen molar-refractivity contribution in [3.8, 4) is 0 Å². The van der Waals surface area contributed by atoms with Crippen LogP contribution in [-0.2, 0) is 17.1 Å². The lowest BCUT2D eigenvalue weighted by Gasteiger charge is -2.05. The minimum absolute atomic E-state index is 0.0248. The van der Waals surface area contributed by atoms with Gasteiger partial charge in [0.1, 0.15) is 0 Å². The van der Waals surface area contributed by atoms with Gasteiger partial charge in [-0.1, -0.05) is 0 Å². The van der Waals surface area contributed by atoms with Crippen LogP contribution in [0.15, 0.2) is 29.0 Å². The van der Waals surface area contributed by atoms with Gasteiger partial charge in [-0.2, -0.15) is 13.5 Å². The second-order valence-electron chi connectivity index (χ2n) is 3.87. The number of nitrogens with zero attached hydrogens (tertiary/aromatic N) is 4. The van der Waals surface area contributed by atoms with Gasteiger partial charge in [0, 0.05) is 24.8 Å². The van der Waals surface area contributed by atoms with Gasteiger partial charge in [0.05, 0.1) is 11.9 Å². The minimum Gasteiger partial charge on any atom is -0.381 e. The molecular formula is C9H10N6O2S2. The number of thiazole rings is 1. The molecule has 0 aliphatic carbocycles. The number of nitrogens with one attached hydrogen (secondary N) is 1. The van der Waals surface area contributed by atoms with Crippen molar-refractivity contribution in [2.24, 2.45) is 7.05 Å². The van der Waals surface area contributed by atoms with Gasteiger partial charge in [0.25, 0.3) is 10.0 Å². The number of nitrogens with two attached hydrogens (primary N) is 1. The van der Waals surface area contributed by atoms with E-state index in [4.69, 9.17) is 5.73 Å². The number of sulfonamides is 1. The summed E-state index contributed by atoms with van der Waals surface area (Å²) in [5.41, 5.74) is 6.05. The minimum atomic E-state index is -3.81. The zero-order valence-corrected chi connectivity index (χ0v) is 11.4. The number of imidazole rings is 1. The molecule has 0 saturated carbocycles. The molecule has 3 aromatic heterocycles. The summed E-state index contributed by atoms with van der Waals surface area (Å²) in [4.78, 5) is 4.54. The Bertz CT molecular complexity index is 843. The van der Waals surface area contributed by atoms with Crippen LogP contribution in [0.2, 0.25) is 0 Å². The van der Waals surface area contributed by atoms with Gasteiger partial charge < -0.3 is 5.73 Å². The van der Waals surface area contributed by atoms with Crippen LogP contribution in [-0.4, -0.2) is 27.6 Å². The molecule has 0 fully saturated rings. The fraction of sp³-hybridized carbons (Fsp3) is 0.111. The number of anilines is 2. The first-order valence-electron chi connectivity index (χ1n) is 5.20. The lowest BCUT2D eigenvalue weighted by Crippen LogP contribution is -2.16. The Hall–Kier alpha value is -2.07. The first-order chi connectivity index (χ1) is 8.97. The van der Waals surface area contributed by atoms with Gasteiger partial charge in [0.15, 0.2) is 10.8 Å². The van der Waals surface area contributed by atoms with E-state index in [-0.39, 0.29) is 10.8 Å². The lowest BCUT2D eigenvalue weighted by molar-refractivity contribution is 0.597. The molecule has 3 rings (SSSR count). The average Bonchev–Trinajstić information content (AvgIpc) is 2.93. The van der Waals surface area contributed by atoms with Crippen molar-refractivity contribution in [2.45, 2.75) is 5.03 Å². The normalized spacial score (nSPS) is 12.1. The summed E-state index contributed by atoms with van der Waals surface area (Å²) in [5.74, 6) is -0.0248. The topological polar surface area (TPSA) is 107 Å². The third kappa shape index (κ3) is 1.94. The van der Waals surface area contributed by atoms with Gasteiger partial charge in [-0.25, -0.2) is 4.98 Å². The van der Waals surface area contributed by atoms with E-state index in [1.54, 1.807) is 24.8 Å². The van der Waals surface area contributed by atoms with Crippen LogP contribution in [0.1, 0.15) is 0 Å². The Balaban J connectivity index is 2.09. The fourth-order valence-corrected chi connectivity index (χ4v) is 3.74. The summed E-state index contributed by atoms with van der Waals surface area (Å²) in [5, 5.41) is 5.57. The maximum absolute atomic E-state index is 12.3. The second-order valence-corrected chi connectivity index (χ2v) is 6.34. The third-order valence-corrected chi connectivity index (χ3v) is 4.63. The number of nitrogen functional groups attached to an aromatic ring is 1. The molecule has 3 N–H and O–H groups in total. The van der Waals surface area contributed by atoms with Crippen LogP contribution < -0.4 is 10.5 Å². The summed E-state index contributed by atoms with van der Waals surface area (Å²) < 4.78 is 30.0. The van der Waals surface area contributed by atoms with E-state index in [0.29, 0.717) is 10.6 Å². The number of hydrogen-bond donors (Lipinski definition) is 2. The fourth-order valence-electron chi connectivity index (χ4n) is 1.73. The van der Waals surface area contributed by atoms with Crippen molar-refractivity contribution in [1.82, 2.24) is 19.2 Å². The molecule has 0 aliphatic rings. The van der Waals surface area contributed by atoms with Crippen LogP contribution >= 0.6 is 11.3 Å². The Kier molecular flexibility index (Phi) is 2.50. The van der Waals surface area contributed by atoms with E-state index in [2.05, 4.69) is 14.8 Å². The van der Waals surface area contributed by atoms with E-state index in [0.717, 1.165) is 0 Å². The molecule has 0 atom stereocenters. The molecule has 3 aromatic rings. The van der Waals surface area contributed by atoms with Crippen LogP contribution in [0, 0.1) is 0 Å². The Morgan fingerprint density at radius 3 is 2.95 bits per heavy atom. The highest BCUT2D eigenvalue weighted by atomic mass is 32.2. The van der Waals surface area contributed by atoms with Crippen molar-refractivity contribution in [1.29, 1.82) is 0 Å². The molecule has 0 amide bonds. The molecule has 100 valence electrons. The summed E-state index contributed by atoms with van der Waals surface area (Å²) in [6.07, 6.45) is 4.58. The number of aryl methyl sites for hydroxylation is 1. The monoisotopic (exact) mass is 298 g/mol. The Morgan fingerprint density at radius 1 is 1.47 bits per heavy atom. The Morgan fingerprint density at radius 2 is 2.26 bits per heavy atom. The van der Waals surface area contributed by atoms with E-state index in [9.17, 15) is 8.42 Å².